The van der Waals surface area contributed by atoms with Gasteiger partial charge >= 0.3 is 0 Å². The van der Waals surface area contributed by atoms with Gasteiger partial charge in [-0.1, -0.05) is 56.7 Å². The molecule has 0 heterocycles. The lowest BCUT2D eigenvalue weighted by Crippen LogP contribution is -2.26. The monoisotopic (exact) mass is 349 g/mol. The van der Waals surface area contributed by atoms with Crippen molar-refractivity contribution in [3.63, 3.8) is 0 Å². The van der Waals surface area contributed by atoms with E-state index in [9.17, 15) is 0 Å². The van der Waals surface area contributed by atoms with Gasteiger partial charge in [-0.3, -0.25) is 0 Å². The Labute approximate surface area is 160 Å². The standard InChI is InChI=1S/C25H35N/c1-5-13-26(14-6-2)25-18-23-12-8-11-22(23)17-24(25)16-20(4)21-10-7-9-19(3)15-21/h7,9-10,15,17-18,20H,5-6,8,11-14,16H2,1-4H3. The average Bonchev–Trinajstić information content (AvgIpc) is 3.08. The van der Waals surface area contributed by atoms with Crippen LogP contribution in [0.2, 0.25) is 0 Å². The van der Waals surface area contributed by atoms with Crippen molar-refractivity contribution in [2.24, 2.45) is 0 Å². The summed E-state index contributed by atoms with van der Waals surface area (Å²) in [5.74, 6) is 0.554. The molecule has 1 nitrogen and oxygen atoms in total. The second-order valence-corrected chi connectivity index (χ2v) is 8.11. The zero-order valence-electron chi connectivity index (χ0n) is 17.1. The van der Waals surface area contributed by atoms with Crippen molar-refractivity contribution in [3.8, 4) is 0 Å². The summed E-state index contributed by atoms with van der Waals surface area (Å²) in [6.45, 7) is 11.5. The van der Waals surface area contributed by atoms with Crippen LogP contribution >= 0.6 is 0 Å². The van der Waals surface area contributed by atoms with Gasteiger partial charge in [0.1, 0.15) is 0 Å². The van der Waals surface area contributed by atoms with E-state index in [0.29, 0.717) is 5.92 Å². The van der Waals surface area contributed by atoms with Crippen molar-refractivity contribution < 1.29 is 0 Å². The first kappa shape index (κ1) is 19.0. The molecule has 2 aromatic rings. The van der Waals surface area contributed by atoms with Crippen molar-refractivity contribution in [1.29, 1.82) is 0 Å². The summed E-state index contributed by atoms with van der Waals surface area (Å²) in [6.07, 6.45) is 7.42. The van der Waals surface area contributed by atoms with E-state index in [-0.39, 0.29) is 0 Å². The molecule has 0 fully saturated rings. The Balaban J connectivity index is 1.93. The molecule has 1 aliphatic carbocycles. The number of nitrogens with zero attached hydrogens (tertiary/aromatic N) is 1. The van der Waals surface area contributed by atoms with E-state index in [1.165, 1.54) is 62.0 Å². The third-order valence-corrected chi connectivity index (χ3v) is 5.76. The van der Waals surface area contributed by atoms with Gasteiger partial charge in [-0.2, -0.15) is 0 Å². The molecule has 0 spiro atoms. The van der Waals surface area contributed by atoms with Crippen LogP contribution in [0.25, 0.3) is 0 Å². The van der Waals surface area contributed by atoms with Gasteiger partial charge in [-0.25, -0.2) is 0 Å². The first-order chi connectivity index (χ1) is 12.6. The van der Waals surface area contributed by atoms with E-state index >= 15 is 0 Å². The summed E-state index contributed by atoms with van der Waals surface area (Å²) in [6, 6.07) is 14.1. The molecule has 0 saturated carbocycles. The summed E-state index contributed by atoms with van der Waals surface area (Å²) < 4.78 is 0. The van der Waals surface area contributed by atoms with Gasteiger partial charge in [0, 0.05) is 18.8 Å². The van der Waals surface area contributed by atoms with E-state index in [1.807, 2.05) is 0 Å². The molecule has 0 saturated heterocycles. The van der Waals surface area contributed by atoms with Gasteiger partial charge in [0.2, 0.25) is 0 Å². The van der Waals surface area contributed by atoms with Gasteiger partial charge < -0.3 is 4.90 Å². The summed E-state index contributed by atoms with van der Waals surface area (Å²) >= 11 is 0. The first-order valence-corrected chi connectivity index (χ1v) is 10.6. The number of hydrogen-bond donors (Lipinski definition) is 0. The van der Waals surface area contributed by atoms with Crippen LogP contribution in [0.5, 0.6) is 0 Å². The van der Waals surface area contributed by atoms with Crippen LogP contribution in [0, 0.1) is 6.92 Å². The van der Waals surface area contributed by atoms with E-state index in [1.54, 1.807) is 16.7 Å². The second kappa shape index (κ2) is 8.75. The number of fused-ring (bicyclic) bond motifs is 1. The molecule has 1 heteroatoms. The maximum atomic E-state index is 2.64. The molecule has 1 aliphatic rings. The fourth-order valence-corrected chi connectivity index (χ4v) is 4.44. The highest BCUT2D eigenvalue weighted by Crippen LogP contribution is 2.34. The number of rotatable bonds is 8. The Hall–Kier alpha value is -1.76. The predicted molar refractivity (Wildman–Crippen MR) is 115 cm³/mol. The molecular weight excluding hydrogens is 314 g/mol. The Morgan fingerprint density at radius 2 is 1.65 bits per heavy atom. The van der Waals surface area contributed by atoms with Gasteiger partial charge in [-0.05, 0) is 79.7 Å². The van der Waals surface area contributed by atoms with Gasteiger partial charge in [0.15, 0.2) is 0 Å². The van der Waals surface area contributed by atoms with Crippen LogP contribution in [0.3, 0.4) is 0 Å². The fraction of sp³-hybridized carbons (Fsp3) is 0.520. The van der Waals surface area contributed by atoms with Crippen LogP contribution in [0.15, 0.2) is 36.4 Å². The molecule has 0 aromatic heterocycles. The largest absolute Gasteiger partial charge is 0.371 e. The molecule has 26 heavy (non-hydrogen) atoms. The summed E-state index contributed by atoms with van der Waals surface area (Å²) in [7, 11) is 0. The third-order valence-electron chi connectivity index (χ3n) is 5.76. The lowest BCUT2D eigenvalue weighted by Gasteiger charge is -2.28. The minimum absolute atomic E-state index is 0.554. The van der Waals surface area contributed by atoms with Crippen molar-refractivity contribution in [2.75, 3.05) is 18.0 Å². The first-order valence-electron chi connectivity index (χ1n) is 10.6. The average molecular weight is 350 g/mol. The third kappa shape index (κ3) is 4.31. The highest BCUT2D eigenvalue weighted by atomic mass is 15.1. The quantitative estimate of drug-likeness (QED) is 0.529. The maximum absolute atomic E-state index is 2.64. The van der Waals surface area contributed by atoms with Crippen LogP contribution in [0.1, 0.15) is 73.8 Å². The smallest absolute Gasteiger partial charge is 0.0401 e. The summed E-state index contributed by atoms with van der Waals surface area (Å²) in [5, 5.41) is 0. The molecule has 1 atom stereocenters. The maximum Gasteiger partial charge on any atom is 0.0401 e. The second-order valence-electron chi connectivity index (χ2n) is 8.11. The summed E-state index contributed by atoms with van der Waals surface area (Å²) in [4.78, 5) is 2.64. The van der Waals surface area contributed by atoms with Crippen LogP contribution in [-0.4, -0.2) is 13.1 Å². The Kier molecular flexibility index (Phi) is 6.40. The molecule has 0 aliphatic heterocycles. The van der Waals surface area contributed by atoms with Crippen LogP contribution < -0.4 is 4.90 Å². The zero-order chi connectivity index (χ0) is 18.5. The normalized spacial score (nSPS) is 14.3. The Bertz CT molecular complexity index is 725. The molecule has 2 aromatic carbocycles. The minimum atomic E-state index is 0.554. The molecule has 1 unspecified atom stereocenters. The van der Waals surface area contributed by atoms with Gasteiger partial charge in [0.05, 0.1) is 0 Å². The van der Waals surface area contributed by atoms with Crippen molar-refractivity contribution in [3.05, 3.63) is 64.2 Å². The molecule has 0 N–H and O–H groups in total. The summed E-state index contributed by atoms with van der Waals surface area (Å²) in [5.41, 5.74) is 9.10. The number of hydrogen-bond acceptors (Lipinski definition) is 1. The van der Waals surface area contributed by atoms with Crippen LogP contribution in [-0.2, 0) is 19.3 Å². The molecule has 140 valence electrons. The Morgan fingerprint density at radius 3 is 2.31 bits per heavy atom. The molecule has 3 rings (SSSR count). The fourth-order valence-electron chi connectivity index (χ4n) is 4.44. The molecule has 0 radical (unpaired) electrons. The van der Waals surface area contributed by atoms with E-state index in [2.05, 4.69) is 69.0 Å². The number of anilines is 1. The van der Waals surface area contributed by atoms with Crippen molar-refractivity contribution in [2.45, 2.75) is 72.1 Å². The Morgan fingerprint density at radius 1 is 0.962 bits per heavy atom. The predicted octanol–water partition coefficient (Wildman–Crippen LogP) is 6.46. The van der Waals surface area contributed by atoms with E-state index in [0.717, 1.165) is 6.42 Å². The van der Waals surface area contributed by atoms with Crippen LogP contribution in [0.4, 0.5) is 5.69 Å². The van der Waals surface area contributed by atoms with Crippen molar-refractivity contribution >= 4 is 5.69 Å². The molecule has 0 bridgehead atoms. The van der Waals surface area contributed by atoms with Crippen molar-refractivity contribution in [1.82, 2.24) is 0 Å². The highest BCUT2D eigenvalue weighted by Gasteiger charge is 2.19. The molecule has 0 amide bonds. The minimum Gasteiger partial charge on any atom is -0.371 e. The zero-order valence-corrected chi connectivity index (χ0v) is 17.1. The van der Waals surface area contributed by atoms with Gasteiger partial charge in [0.25, 0.3) is 0 Å². The van der Waals surface area contributed by atoms with E-state index in [4.69, 9.17) is 0 Å². The lowest BCUT2D eigenvalue weighted by atomic mass is 9.90. The lowest BCUT2D eigenvalue weighted by molar-refractivity contribution is 0.720. The topological polar surface area (TPSA) is 3.24 Å². The highest BCUT2D eigenvalue weighted by molar-refractivity contribution is 5.59. The number of aryl methyl sites for hydroxylation is 3. The van der Waals surface area contributed by atoms with E-state index < -0.39 is 0 Å². The SMILES string of the molecule is CCCN(CCC)c1cc2c(cc1CC(C)c1cccc(C)c1)CCC2. The van der Waals surface area contributed by atoms with Gasteiger partial charge in [-0.15, -0.1) is 0 Å². The number of benzene rings is 2. The molecular formula is C25H35N.